The maximum absolute atomic E-state index is 12.2. The molecule has 2 saturated heterocycles. The van der Waals surface area contributed by atoms with Crippen LogP contribution in [0.4, 0.5) is 5.69 Å². The first kappa shape index (κ1) is 25.7. The number of benzene rings is 1. The fourth-order valence-electron chi connectivity index (χ4n) is 4.11. The second-order valence-corrected chi connectivity index (χ2v) is 7.95. The van der Waals surface area contributed by atoms with E-state index in [4.69, 9.17) is 5.73 Å². The molecule has 164 valence electrons. The summed E-state index contributed by atoms with van der Waals surface area (Å²) in [6.45, 7) is 4.70. The molecule has 0 radical (unpaired) electrons. The van der Waals surface area contributed by atoms with Gasteiger partial charge in [0.05, 0.1) is 5.92 Å². The molecule has 0 aliphatic carbocycles. The average Bonchev–Trinajstić information content (AvgIpc) is 2.69. The zero-order valence-corrected chi connectivity index (χ0v) is 18.5. The summed E-state index contributed by atoms with van der Waals surface area (Å²) in [7, 11) is 0. The van der Waals surface area contributed by atoms with Gasteiger partial charge in [0.1, 0.15) is 0 Å². The Hall–Kier alpha value is -1.34. The van der Waals surface area contributed by atoms with Crippen LogP contribution in [0, 0.1) is 11.8 Å². The van der Waals surface area contributed by atoms with Crippen LogP contribution in [0.3, 0.4) is 0 Å². The van der Waals surface area contributed by atoms with Gasteiger partial charge in [0.15, 0.2) is 0 Å². The number of rotatable bonds is 7. The minimum Gasteiger partial charge on any atom is -0.369 e. The van der Waals surface area contributed by atoms with Gasteiger partial charge in [-0.2, -0.15) is 0 Å². The lowest BCUT2D eigenvalue weighted by Crippen LogP contribution is -2.40. The van der Waals surface area contributed by atoms with Crippen molar-refractivity contribution in [2.24, 2.45) is 17.6 Å². The van der Waals surface area contributed by atoms with Gasteiger partial charge in [0, 0.05) is 25.2 Å². The van der Waals surface area contributed by atoms with Crippen LogP contribution in [0.1, 0.15) is 44.1 Å². The van der Waals surface area contributed by atoms with E-state index in [1.165, 1.54) is 18.4 Å². The molecule has 6 nitrogen and oxygen atoms in total. The Morgan fingerprint density at radius 1 is 1.10 bits per heavy atom. The Morgan fingerprint density at radius 2 is 1.79 bits per heavy atom. The monoisotopic (exact) mass is 444 g/mol. The first-order chi connectivity index (χ1) is 13.1. The number of amides is 2. The summed E-state index contributed by atoms with van der Waals surface area (Å²) in [6, 6.07) is 8.03. The summed E-state index contributed by atoms with van der Waals surface area (Å²) in [5, 5.41) is 6.36. The van der Waals surface area contributed by atoms with Crippen molar-refractivity contribution < 1.29 is 9.59 Å². The predicted molar refractivity (Wildman–Crippen MR) is 122 cm³/mol. The standard InChI is InChI=1S/C21H32N4O2.2ClH/c22-21(27)18-2-1-13-25(15-18)14-17-3-6-19(7-4-17)24-20(26)8-5-16-9-11-23-12-10-16;;/h3-4,6-7,16,18,23H,1-2,5,8-15H2,(H2,22,27)(H,24,26);2*1H. The molecule has 2 aliphatic rings. The number of hydrogen-bond donors (Lipinski definition) is 3. The Bertz CT molecular complexity index is 636. The van der Waals surface area contributed by atoms with Gasteiger partial charge in [-0.1, -0.05) is 12.1 Å². The van der Waals surface area contributed by atoms with Gasteiger partial charge < -0.3 is 16.4 Å². The highest BCUT2D eigenvalue weighted by molar-refractivity contribution is 5.90. The molecular formula is C21H34Cl2N4O2. The van der Waals surface area contributed by atoms with Crippen molar-refractivity contribution in [1.29, 1.82) is 0 Å². The van der Waals surface area contributed by atoms with Crippen LogP contribution in [0.25, 0.3) is 0 Å². The van der Waals surface area contributed by atoms with Crippen molar-refractivity contribution in [3.63, 3.8) is 0 Å². The Labute approximate surface area is 186 Å². The molecule has 2 aliphatic heterocycles. The van der Waals surface area contributed by atoms with Gasteiger partial charge in [0.2, 0.25) is 11.8 Å². The third kappa shape index (κ3) is 8.51. The molecule has 1 unspecified atom stereocenters. The maximum Gasteiger partial charge on any atom is 0.224 e. The molecule has 1 aromatic carbocycles. The molecule has 29 heavy (non-hydrogen) atoms. The molecule has 2 heterocycles. The fourth-order valence-corrected chi connectivity index (χ4v) is 4.11. The molecule has 0 saturated carbocycles. The van der Waals surface area contributed by atoms with Gasteiger partial charge in [-0.25, -0.2) is 0 Å². The number of nitrogens with one attached hydrogen (secondary N) is 2. The van der Waals surface area contributed by atoms with E-state index in [9.17, 15) is 9.59 Å². The normalized spacial score (nSPS) is 20.2. The van der Waals surface area contributed by atoms with Crippen LogP contribution in [-0.4, -0.2) is 42.9 Å². The minimum atomic E-state index is -0.192. The van der Waals surface area contributed by atoms with Crippen LogP contribution in [0.15, 0.2) is 24.3 Å². The summed E-state index contributed by atoms with van der Waals surface area (Å²) < 4.78 is 0. The number of hydrogen-bond acceptors (Lipinski definition) is 4. The van der Waals surface area contributed by atoms with Crippen LogP contribution >= 0.6 is 24.8 Å². The topological polar surface area (TPSA) is 87.5 Å². The van der Waals surface area contributed by atoms with Gasteiger partial charge in [-0.05, 0) is 75.4 Å². The molecule has 2 fully saturated rings. The lowest BCUT2D eigenvalue weighted by Gasteiger charge is -2.31. The third-order valence-corrected chi connectivity index (χ3v) is 5.79. The van der Waals surface area contributed by atoms with E-state index in [-0.39, 0.29) is 42.5 Å². The number of anilines is 1. The second-order valence-electron chi connectivity index (χ2n) is 7.95. The smallest absolute Gasteiger partial charge is 0.224 e. The Morgan fingerprint density at radius 3 is 2.45 bits per heavy atom. The number of likely N-dealkylation sites (tertiary alicyclic amines) is 1. The van der Waals surface area contributed by atoms with Crippen molar-refractivity contribution >= 4 is 42.3 Å². The SMILES string of the molecule is Cl.Cl.NC(=O)C1CCCN(Cc2ccc(NC(=O)CCC3CCNCC3)cc2)C1. The lowest BCUT2D eigenvalue weighted by molar-refractivity contribution is -0.123. The second kappa shape index (κ2) is 13.1. The lowest BCUT2D eigenvalue weighted by atomic mass is 9.93. The van der Waals surface area contributed by atoms with Crippen molar-refractivity contribution in [3.8, 4) is 0 Å². The van der Waals surface area contributed by atoms with Gasteiger partial charge in [0.25, 0.3) is 0 Å². The molecule has 0 aromatic heterocycles. The summed E-state index contributed by atoms with van der Waals surface area (Å²) in [5.74, 6) is 0.550. The van der Waals surface area contributed by atoms with Crippen molar-refractivity contribution in [2.45, 2.75) is 45.1 Å². The van der Waals surface area contributed by atoms with Crippen molar-refractivity contribution in [3.05, 3.63) is 29.8 Å². The van der Waals surface area contributed by atoms with Gasteiger partial charge >= 0.3 is 0 Å². The Kier molecular flexibility index (Phi) is 11.6. The highest BCUT2D eigenvalue weighted by Crippen LogP contribution is 2.20. The largest absolute Gasteiger partial charge is 0.369 e. The van der Waals surface area contributed by atoms with E-state index >= 15 is 0 Å². The van der Waals surface area contributed by atoms with Crippen molar-refractivity contribution in [1.82, 2.24) is 10.2 Å². The minimum absolute atomic E-state index is 0. The van der Waals surface area contributed by atoms with Gasteiger partial charge in [-0.3, -0.25) is 14.5 Å². The predicted octanol–water partition coefficient (Wildman–Crippen LogP) is 2.95. The van der Waals surface area contributed by atoms with E-state index in [2.05, 4.69) is 27.7 Å². The summed E-state index contributed by atoms with van der Waals surface area (Å²) in [4.78, 5) is 25.9. The third-order valence-electron chi connectivity index (χ3n) is 5.79. The van der Waals surface area contributed by atoms with Gasteiger partial charge in [-0.15, -0.1) is 24.8 Å². The van der Waals surface area contributed by atoms with E-state index < -0.39 is 0 Å². The number of halogens is 2. The first-order valence-corrected chi connectivity index (χ1v) is 10.2. The number of carbonyl (C=O) groups excluding carboxylic acids is 2. The molecule has 0 bridgehead atoms. The van der Waals surface area contributed by atoms with E-state index in [1.807, 2.05) is 12.1 Å². The number of carbonyl (C=O) groups is 2. The summed E-state index contributed by atoms with van der Waals surface area (Å²) in [6.07, 6.45) is 5.83. The maximum atomic E-state index is 12.2. The molecule has 3 rings (SSSR count). The van der Waals surface area contributed by atoms with Crippen LogP contribution < -0.4 is 16.4 Å². The van der Waals surface area contributed by atoms with Crippen molar-refractivity contribution in [2.75, 3.05) is 31.5 Å². The fraction of sp³-hybridized carbons (Fsp3) is 0.619. The van der Waals surface area contributed by atoms with Crippen LogP contribution in [0.5, 0.6) is 0 Å². The highest BCUT2D eigenvalue weighted by Gasteiger charge is 2.23. The zero-order valence-electron chi connectivity index (χ0n) is 16.9. The van der Waals surface area contributed by atoms with E-state index in [0.717, 1.165) is 57.7 Å². The number of nitrogens with two attached hydrogens (primary N) is 1. The van der Waals surface area contributed by atoms with E-state index in [0.29, 0.717) is 12.3 Å². The quantitative estimate of drug-likeness (QED) is 0.602. The zero-order chi connectivity index (χ0) is 19.1. The summed E-state index contributed by atoms with van der Waals surface area (Å²) >= 11 is 0. The summed E-state index contributed by atoms with van der Waals surface area (Å²) in [5.41, 5.74) is 7.49. The number of piperidine rings is 2. The number of primary amides is 1. The molecule has 2 amide bonds. The van der Waals surface area contributed by atoms with Crippen LogP contribution in [-0.2, 0) is 16.1 Å². The molecule has 8 heteroatoms. The first-order valence-electron chi connectivity index (χ1n) is 10.2. The molecule has 4 N–H and O–H groups in total. The molecular weight excluding hydrogens is 411 g/mol. The Balaban J connectivity index is 0.00000210. The molecule has 1 atom stereocenters. The van der Waals surface area contributed by atoms with Crippen LogP contribution in [0.2, 0.25) is 0 Å². The van der Waals surface area contributed by atoms with E-state index in [1.54, 1.807) is 0 Å². The number of nitrogens with zero attached hydrogens (tertiary/aromatic N) is 1. The highest BCUT2D eigenvalue weighted by atomic mass is 35.5. The molecule has 0 spiro atoms. The molecule has 1 aromatic rings. The average molecular weight is 445 g/mol.